The van der Waals surface area contributed by atoms with Crippen molar-refractivity contribution in [1.29, 1.82) is 0 Å². The summed E-state index contributed by atoms with van der Waals surface area (Å²) in [7, 11) is 1.61. The van der Waals surface area contributed by atoms with E-state index in [1.807, 2.05) is 79.2 Å². The van der Waals surface area contributed by atoms with Crippen LogP contribution in [0.1, 0.15) is 16.7 Å². The van der Waals surface area contributed by atoms with Crippen LogP contribution in [-0.2, 0) is 9.59 Å². The molecule has 2 N–H and O–H groups in total. The molecule has 0 fully saturated rings. The van der Waals surface area contributed by atoms with Crippen molar-refractivity contribution in [2.75, 3.05) is 24.7 Å². The predicted molar refractivity (Wildman–Crippen MR) is 144 cm³/mol. The lowest BCUT2D eigenvalue weighted by atomic mass is 10.1. The third-order valence-corrected chi connectivity index (χ3v) is 7.22. The molecule has 0 unspecified atom stereocenters. The van der Waals surface area contributed by atoms with Crippen LogP contribution >= 0.6 is 23.1 Å². The molecule has 10 heteroatoms. The van der Waals surface area contributed by atoms with Gasteiger partial charge in [0.25, 0.3) is 0 Å². The number of anilines is 1. The first kappa shape index (κ1) is 25.5. The Labute approximate surface area is 218 Å². The fraction of sp³-hybridized carbons (Fsp3) is 0.231. The minimum absolute atomic E-state index is 0.0770. The number of carbonyl (C=O) groups excluding carboxylic acids is 2. The molecule has 0 saturated heterocycles. The number of aryl methyl sites for hydroxylation is 3. The lowest BCUT2D eigenvalue weighted by Crippen LogP contribution is -2.34. The Balaban J connectivity index is 1.43. The average Bonchev–Trinajstić information content (AvgIpc) is 3.53. The second kappa shape index (κ2) is 11.4. The van der Waals surface area contributed by atoms with Crippen molar-refractivity contribution in [2.24, 2.45) is 0 Å². The van der Waals surface area contributed by atoms with Crippen molar-refractivity contribution in [3.63, 3.8) is 0 Å². The molecule has 0 aliphatic heterocycles. The molecule has 8 nitrogen and oxygen atoms in total. The normalized spacial score (nSPS) is 10.8. The SMILES string of the molecule is COc1ccccc1-n1c(SCC(=O)NCC(=O)Nc2c(C)cc(C)cc2C)nnc1-c1cccs1. The maximum atomic E-state index is 12.6. The van der Waals surface area contributed by atoms with Crippen molar-refractivity contribution in [3.8, 4) is 22.1 Å². The van der Waals surface area contributed by atoms with Crippen molar-refractivity contribution >= 4 is 40.6 Å². The molecule has 0 bridgehead atoms. The first-order valence-electron chi connectivity index (χ1n) is 11.3. The zero-order valence-corrected chi connectivity index (χ0v) is 22.1. The van der Waals surface area contributed by atoms with Crippen molar-refractivity contribution in [3.05, 3.63) is 70.6 Å². The molecule has 0 aliphatic carbocycles. The van der Waals surface area contributed by atoms with Crippen LogP contribution in [0.3, 0.4) is 0 Å². The van der Waals surface area contributed by atoms with E-state index in [-0.39, 0.29) is 24.1 Å². The quantitative estimate of drug-likeness (QED) is 0.308. The summed E-state index contributed by atoms with van der Waals surface area (Å²) >= 11 is 2.80. The summed E-state index contributed by atoms with van der Waals surface area (Å²) in [5.74, 6) is 0.855. The number of hydrogen-bond donors (Lipinski definition) is 2. The van der Waals surface area contributed by atoms with Gasteiger partial charge >= 0.3 is 0 Å². The zero-order chi connectivity index (χ0) is 25.7. The number of thiophene rings is 1. The Morgan fingerprint density at radius 3 is 2.47 bits per heavy atom. The van der Waals surface area contributed by atoms with Gasteiger partial charge < -0.3 is 15.4 Å². The van der Waals surface area contributed by atoms with Crippen LogP contribution < -0.4 is 15.4 Å². The average molecular weight is 522 g/mol. The van der Waals surface area contributed by atoms with Crippen molar-refractivity contribution in [1.82, 2.24) is 20.1 Å². The molecule has 0 spiro atoms. The van der Waals surface area contributed by atoms with Gasteiger partial charge in [0.15, 0.2) is 11.0 Å². The number of aromatic nitrogens is 3. The molecule has 186 valence electrons. The molecule has 0 saturated carbocycles. The first-order chi connectivity index (χ1) is 17.4. The predicted octanol–water partition coefficient (Wildman–Crippen LogP) is 4.78. The molecule has 2 amide bonds. The van der Waals surface area contributed by atoms with E-state index in [1.54, 1.807) is 18.4 Å². The van der Waals surface area contributed by atoms with Gasteiger partial charge in [-0.3, -0.25) is 14.2 Å². The van der Waals surface area contributed by atoms with E-state index in [1.165, 1.54) is 11.8 Å². The number of ether oxygens (including phenoxy) is 1. The van der Waals surface area contributed by atoms with Gasteiger partial charge in [0.1, 0.15) is 5.75 Å². The second-order valence-corrected chi connectivity index (χ2v) is 10.1. The number of thioether (sulfide) groups is 1. The largest absolute Gasteiger partial charge is 0.495 e. The second-order valence-electron chi connectivity index (χ2n) is 8.18. The summed E-state index contributed by atoms with van der Waals surface area (Å²) in [5, 5.41) is 16.8. The summed E-state index contributed by atoms with van der Waals surface area (Å²) in [4.78, 5) is 26.0. The molecule has 0 atom stereocenters. The van der Waals surface area contributed by atoms with E-state index in [9.17, 15) is 9.59 Å². The third kappa shape index (κ3) is 5.77. The number of para-hydroxylation sites is 2. The highest BCUT2D eigenvalue weighted by Crippen LogP contribution is 2.34. The van der Waals surface area contributed by atoms with Gasteiger partial charge in [-0.15, -0.1) is 21.5 Å². The first-order valence-corrected chi connectivity index (χ1v) is 13.1. The van der Waals surface area contributed by atoms with Crippen molar-refractivity contribution < 1.29 is 14.3 Å². The molecule has 4 aromatic rings. The monoisotopic (exact) mass is 521 g/mol. The van der Waals surface area contributed by atoms with Gasteiger partial charge in [-0.1, -0.05) is 47.7 Å². The molecular formula is C26H27N5O3S2. The topological polar surface area (TPSA) is 98.1 Å². The summed E-state index contributed by atoms with van der Waals surface area (Å²) in [5.41, 5.74) is 4.66. The summed E-state index contributed by atoms with van der Waals surface area (Å²) in [6.45, 7) is 5.80. The van der Waals surface area contributed by atoms with E-state index in [2.05, 4.69) is 20.8 Å². The Morgan fingerprint density at radius 1 is 1.03 bits per heavy atom. The van der Waals surface area contributed by atoms with Crippen LogP contribution in [0.25, 0.3) is 16.4 Å². The summed E-state index contributed by atoms with van der Waals surface area (Å²) in [6.07, 6.45) is 0. The van der Waals surface area contributed by atoms with E-state index in [0.717, 1.165) is 32.9 Å². The maximum Gasteiger partial charge on any atom is 0.243 e. The van der Waals surface area contributed by atoms with Gasteiger partial charge in [0.2, 0.25) is 11.8 Å². The fourth-order valence-electron chi connectivity index (χ4n) is 3.88. The van der Waals surface area contributed by atoms with Crippen LogP contribution in [0, 0.1) is 20.8 Å². The Kier molecular flexibility index (Phi) is 8.07. The molecule has 36 heavy (non-hydrogen) atoms. The summed E-state index contributed by atoms with van der Waals surface area (Å²) in [6, 6.07) is 15.5. The van der Waals surface area contributed by atoms with Gasteiger partial charge in [0, 0.05) is 5.69 Å². The molecule has 0 aliphatic rings. The highest BCUT2D eigenvalue weighted by molar-refractivity contribution is 7.99. The third-order valence-electron chi connectivity index (χ3n) is 5.42. The van der Waals surface area contributed by atoms with Gasteiger partial charge in [-0.05, 0) is 55.5 Å². The lowest BCUT2D eigenvalue weighted by Gasteiger charge is -2.14. The Morgan fingerprint density at radius 2 is 1.78 bits per heavy atom. The van der Waals surface area contributed by atoms with Crippen LogP contribution in [0.2, 0.25) is 0 Å². The van der Waals surface area contributed by atoms with Crippen molar-refractivity contribution in [2.45, 2.75) is 25.9 Å². The van der Waals surface area contributed by atoms with Crippen LogP contribution in [-0.4, -0.2) is 46.0 Å². The van der Waals surface area contributed by atoms with E-state index in [4.69, 9.17) is 4.74 Å². The molecule has 2 heterocycles. The molecule has 2 aromatic heterocycles. The van der Waals surface area contributed by atoms with Gasteiger partial charge in [0.05, 0.1) is 30.0 Å². The number of nitrogens with one attached hydrogen (secondary N) is 2. The van der Waals surface area contributed by atoms with E-state index < -0.39 is 0 Å². The standard InChI is InChI=1S/C26H27N5O3S2/c1-16-12-17(2)24(18(3)13-16)28-22(32)14-27-23(33)15-36-26-30-29-25(21-10-7-11-35-21)31(26)19-8-5-6-9-20(19)34-4/h5-13H,14-15H2,1-4H3,(H,27,33)(H,28,32). The van der Waals surface area contributed by atoms with Crippen LogP contribution in [0.15, 0.2) is 59.1 Å². The number of rotatable bonds is 9. The highest BCUT2D eigenvalue weighted by Gasteiger charge is 2.20. The molecular weight excluding hydrogens is 494 g/mol. The van der Waals surface area contributed by atoms with Gasteiger partial charge in [-0.25, -0.2) is 0 Å². The number of carbonyl (C=O) groups is 2. The number of nitrogens with zero attached hydrogens (tertiary/aromatic N) is 3. The van der Waals surface area contributed by atoms with Crippen LogP contribution in [0.5, 0.6) is 5.75 Å². The minimum atomic E-state index is -0.278. The Bertz CT molecular complexity index is 1360. The van der Waals surface area contributed by atoms with Gasteiger partial charge in [-0.2, -0.15) is 0 Å². The molecule has 4 rings (SSSR count). The number of amides is 2. The van der Waals surface area contributed by atoms with Crippen LogP contribution in [0.4, 0.5) is 5.69 Å². The van der Waals surface area contributed by atoms with E-state index >= 15 is 0 Å². The van der Waals surface area contributed by atoms with E-state index in [0.29, 0.717) is 16.7 Å². The minimum Gasteiger partial charge on any atom is -0.495 e. The summed E-state index contributed by atoms with van der Waals surface area (Å²) < 4.78 is 7.44. The highest BCUT2D eigenvalue weighted by atomic mass is 32.2. The maximum absolute atomic E-state index is 12.6. The number of hydrogen-bond acceptors (Lipinski definition) is 7. The molecule has 0 radical (unpaired) electrons. The Hall–Kier alpha value is -3.63. The zero-order valence-electron chi connectivity index (χ0n) is 20.5. The smallest absolute Gasteiger partial charge is 0.243 e. The molecule has 2 aromatic carbocycles. The number of methoxy groups -OCH3 is 1. The number of benzene rings is 2. The lowest BCUT2D eigenvalue weighted by molar-refractivity contribution is -0.122. The fourth-order valence-corrected chi connectivity index (χ4v) is 5.35.